The summed E-state index contributed by atoms with van der Waals surface area (Å²) in [7, 11) is 0. The topological polar surface area (TPSA) is 6.48 Å². The van der Waals surface area contributed by atoms with Crippen molar-refractivity contribution in [3.05, 3.63) is 192 Å². The Morgan fingerprint density at radius 2 is 0.783 bits per heavy atom. The molecule has 7 rings (SSSR count). The van der Waals surface area contributed by atoms with Crippen LogP contribution in [0.5, 0.6) is 0 Å². The van der Waals surface area contributed by atoms with Gasteiger partial charge in [0.05, 0.1) is 0 Å². The van der Waals surface area contributed by atoms with E-state index in [0.29, 0.717) is 0 Å². The predicted octanol–water partition coefficient (Wildman–Crippen LogP) is 12.6. The number of benzene rings is 7. The van der Waals surface area contributed by atoms with E-state index in [1.807, 2.05) is 0 Å². The van der Waals surface area contributed by atoms with Gasteiger partial charge in [0.2, 0.25) is 0 Å². The molecular formula is C44H36N2. The normalized spacial score (nSPS) is 11.2. The van der Waals surface area contributed by atoms with Crippen molar-refractivity contribution in [3.63, 3.8) is 0 Å². The fourth-order valence-corrected chi connectivity index (χ4v) is 5.91. The number of rotatable bonds is 8. The van der Waals surface area contributed by atoms with Crippen LogP contribution in [0.3, 0.4) is 0 Å². The van der Waals surface area contributed by atoms with E-state index >= 15 is 0 Å². The van der Waals surface area contributed by atoms with Gasteiger partial charge in [0.15, 0.2) is 0 Å². The lowest BCUT2D eigenvalue weighted by molar-refractivity contribution is 1.26. The van der Waals surface area contributed by atoms with Crippen LogP contribution in [0.25, 0.3) is 22.9 Å². The summed E-state index contributed by atoms with van der Waals surface area (Å²) in [5.74, 6) is 0. The first-order chi connectivity index (χ1) is 22.6. The largest absolute Gasteiger partial charge is 0.310 e. The van der Waals surface area contributed by atoms with E-state index in [4.69, 9.17) is 0 Å². The molecule has 0 aliphatic carbocycles. The molecule has 0 radical (unpaired) electrons. The Labute approximate surface area is 272 Å². The van der Waals surface area contributed by atoms with Crippen LogP contribution in [0.4, 0.5) is 34.1 Å². The van der Waals surface area contributed by atoms with Crippen molar-refractivity contribution in [1.82, 2.24) is 0 Å². The first-order valence-corrected chi connectivity index (χ1v) is 15.8. The van der Waals surface area contributed by atoms with Crippen LogP contribution in [-0.4, -0.2) is 0 Å². The molecule has 0 aromatic heterocycles. The summed E-state index contributed by atoms with van der Waals surface area (Å²) in [6, 6.07) is 60.7. The molecule has 2 nitrogen and oxygen atoms in total. The second-order valence-corrected chi connectivity index (χ2v) is 11.7. The zero-order valence-corrected chi connectivity index (χ0v) is 26.2. The van der Waals surface area contributed by atoms with Gasteiger partial charge in [0, 0.05) is 34.1 Å². The van der Waals surface area contributed by atoms with Gasteiger partial charge in [0.1, 0.15) is 0 Å². The number of fused-ring (bicyclic) bond motifs is 1. The highest BCUT2D eigenvalue weighted by atomic mass is 15.1. The van der Waals surface area contributed by atoms with E-state index in [9.17, 15) is 0 Å². The highest BCUT2D eigenvalue weighted by Crippen LogP contribution is 2.37. The summed E-state index contributed by atoms with van der Waals surface area (Å²) in [5.41, 5.74) is 11.6. The van der Waals surface area contributed by atoms with Crippen LogP contribution in [-0.2, 0) is 0 Å². The van der Waals surface area contributed by atoms with Crippen molar-refractivity contribution in [1.29, 1.82) is 0 Å². The SMILES string of the molecule is Cc1ccc(N(c2ccc(/C=C/c3ccc(N(c4ccccc4)c4ccc5ccccc5c4)cc3)cc2)c2cccc(C)c2)cc1. The van der Waals surface area contributed by atoms with E-state index in [1.54, 1.807) is 0 Å². The van der Waals surface area contributed by atoms with Gasteiger partial charge in [-0.1, -0.05) is 115 Å². The summed E-state index contributed by atoms with van der Waals surface area (Å²) in [4.78, 5) is 4.62. The number of nitrogens with zero attached hydrogens (tertiary/aromatic N) is 2. The maximum Gasteiger partial charge on any atom is 0.0468 e. The fourth-order valence-electron chi connectivity index (χ4n) is 5.91. The molecule has 0 fully saturated rings. The van der Waals surface area contributed by atoms with Gasteiger partial charge in [-0.25, -0.2) is 0 Å². The van der Waals surface area contributed by atoms with Crippen LogP contribution >= 0.6 is 0 Å². The summed E-state index contributed by atoms with van der Waals surface area (Å²) in [6.07, 6.45) is 4.36. The van der Waals surface area contributed by atoms with Crippen molar-refractivity contribution in [2.75, 3.05) is 9.80 Å². The van der Waals surface area contributed by atoms with Gasteiger partial charge in [-0.3, -0.25) is 0 Å². The molecule has 2 heteroatoms. The molecule has 7 aromatic carbocycles. The number of para-hydroxylation sites is 1. The van der Waals surface area contributed by atoms with E-state index in [2.05, 4.69) is 206 Å². The number of hydrogen-bond donors (Lipinski definition) is 0. The van der Waals surface area contributed by atoms with Crippen molar-refractivity contribution in [2.45, 2.75) is 13.8 Å². The maximum absolute atomic E-state index is 2.31. The molecule has 0 unspecified atom stereocenters. The Morgan fingerprint density at radius 1 is 0.326 bits per heavy atom. The first-order valence-electron chi connectivity index (χ1n) is 15.8. The standard InChI is InChI=1S/C44H36N2/c1-33-15-24-40(25-16-33)46(43-14-8-9-34(2)31-43)42-28-21-36(22-29-42)18-17-35-19-26-41(27-20-35)45(39-12-4-3-5-13-39)44-30-23-37-10-6-7-11-38(37)32-44/h3-32H,1-2H3/b18-17+. The second kappa shape index (κ2) is 13.0. The monoisotopic (exact) mass is 592 g/mol. The summed E-state index contributed by atoms with van der Waals surface area (Å²) in [5, 5.41) is 2.47. The third kappa shape index (κ3) is 6.33. The average Bonchev–Trinajstić information content (AvgIpc) is 3.10. The maximum atomic E-state index is 2.31. The number of aryl methyl sites for hydroxylation is 2. The van der Waals surface area contributed by atoms with Gasteiger partial charge < -0.3 is 9.80 Å². The highest BCUT2D eigenvalue weighted by molar-refractivity contribution is 5.89. The summed E-state index contributed by atoms with van der Waals surface area (Å²) < 4.78 is 0. The third-order valence-electron chi connectivity index (χ3n) is 8.33. The lowest BCUT2D eigenvalue weighted by Crippen LogP contribution is -2.10. The fraction of sp³-hybridized carbons (Fsp3) is 0.0455. The Morgan fingerprint density at radius 3 is 1.37 bits per heavy atom. The molecule has 0 saturated carbocycles. The van der Waals surface area contributed by atoms with Gasteiger partial charge in [-0.05, 0) is 114 Å². The lowest BCUT2D eigenvalue weighted by atomic mass is 10.1. The van der Waals surface area contributed by atoms with Crippen molar-refractivity contribution >= 4 is 57.0 Å². The summed E-state index contributed by atoms with van der Waals surface area (Å²) in [6.45, 7) is 4.26. The minimum Gasteiger partial charge on any atom is -0.310 e. The first kappa shape index (κ1) is 28.9. The number of hydrogen-bond acceptors (Lipinski definition) is 2. The molecule has 7 aromatic rings. The van der Waals surface area contributed by atoms with E-state index in [1.165, 1.54) is 21.9 Å². The quantitative estimate of drug-likeness (QED) is 0.162. The van der Waals surface area contributed by atoms with Crippen molar-refractivity contribution in [2.24, 2.45) is 0 Å². The van der Waals surface area contributed by atoms with Crippen molar-refractivity contribution < 1.29 is 0 Å². The minimum atomic E-state index is 1.12. The smallest absolute Gasteiger partial charge is 0.0468 e. The van der Waals surface area contributed by atoms with Crippen LogP contribution < -0.4 is 9.80 Å². The minimum absolute atomic E-state index is 1.12. The lowest BCUT2D eigenvalue weighted by Gasteiger charge is -2.26. The predicted molar refractivity (Wildman–Crippen MR) is 198 cm³/mol. The van der Waals surface area contributed by atoms with Crippen LogP contribution in [0.1, 0.15) is 22.3 Å². The number of anilines is 6. The molecule has 46 heavy (non-hydrogen) atoms. The van der Waals surface area contributed by atoms with Crippen LogP contribution in [0, 0.1) is 13.8 Å². The van der Waals surface area contributed by atoms with Crippen LogP contribution in [0.2, 0.25) is 0 Å². The molecule has 0 N–H and O–H groups in total. The van der Waals surface area contributed by atoms with Crippen molar-refractivity contribution in [3.8, 4) is 0 Å². The molecule has 0 aliphatic rings. The van der Waals surface area contributed by atoms with Crippen LogP contribution in [0.15, 0.2) is 170 Å². The molecule has 0 bridgehead atoms. The third-order valence-corrected chi connectivity index (χ3v) is 8.33. The molecule has 0 amide bonds. The Hall–Kier alpha value is -5.86. The van der Waals surface area contributed by atoms with Gasteiger partial charge in [-0.15, -0.1) is 0 Å². The van der Waals surface area contributed by atoms with Gasteiger partial charge >= 0.3 is 0 Å². The molecule has 0 saturated heterocycles. The van der Waals surface area contributed by atoms with Gasteiger partial charge in [-0.2, -0.15) is 0 Å². The molecule has 222 valence electrons. The molecule has 0 spiro atoms. The zero-order chi connectivity index (χ0) is 31.3. The second-order valence-electron chi connectivity index (χ2n) is 11.7. The Bertz CT molecular complexity index is 2090. The molecule has 0 atom stereocenters. The molecular weight excluding hydrogens is 556 g/mol. The van der Waals surface area contributed by atoms with Gasteiger partial charge in [0.25, 0.3) is 0 Å². The molecule has 0 heterocycles. The summed E-state index contributed by atoms with van der Waals surface area (Å²) >= 11 is 0. The molecule has 0 aliphatic heterocycles. The van der Waals surface area contributed by atoms with E-state index in [-0.39, 0.29) is 0 Å². The highest BCUT2D eigenvalue weighted by Gasteiger charge is 2.14. The Kier molecular flexibility index (Phi) is 8.17. The van der Waals surface area contributed by atoms with E-state index < -0.39 is 0 Å². The Balaban J connectivity index is 1.14. The average molecular weight is 593 g/mol. The van der Waals surface area contributed by atoms with E-state index in [0.717, 1.165) is 45.3 Å². The zero-order valence-electron chi connectivity index (χ0n) is 26.2.